The van der Waals surface area contributed by atoms with Gasteiger partial charge in [0.05, 0.1) is 0 Å². The fourth-order valence-corrected chi connectivity index (χ4v) is 1.65. The van der Waals surface area contributed by atoms with E-state index in [1.165, 1.54) is 0 Å². The van der Waals surface area contributed by atoms with Gasteiger partial charge in [-0.25, -0.2) is 4.79 Å². The summed E-state index contributed by atoms with van der Waals surface area (Å²) in [4.78, 5) is 10.9. The fourth-order valence-electron chi connectivity index (χ4n) is 1.65. The number of carboxylic acids is 1. The summed E-state index contributed by atoms with van der Waals surface area (Å²) in [7, 11) is 0. The van der Waals surface area contributed by atoms with Crippen LogP contribution in [-0.2, 0) is 0 Å². The first-order valence-corrected chi connectivity index (χ1v) is 4.97. The Morgan fingerprint density at radius 2 is 2.19 bits per heavy atom. The Hall–Kier alpha value is -1.26. The summed E-state index contributed by atoms with van der Waals surface area (Å²) in [5.41, 5.74) is 0.226. The summed E-state index contributed by atoms with van der Waals surface area (Å²) < 4.78 is 5.62. The molecule has 0 aromatic heterocycles. The molecule has 0 saturated carbocycles. The van der Waals surface area contributed by atoms with Crippen molar-refractivity contribution in [1.29, 1.82) is 0 Å². The van der Waals surface area contributed by atoms with Crippen LogP contribution < -0.4 is 10.1 Å². The van der Waals surface area contributed by atoms with Gasteiger partial charge in [0.25, 0.3) is 0 Å². The highest BCUT2D eigenvalue weighted by molar-refractivity contribution is 5.90. The second-order valence-corrected chi connectivity index (χ2v) is 3.53. The lowest BCUT2D eigenvalue weighted by Gasteiger charge is -2.13. The summed E-state index contributed by atoms with van der Waals surface area (Å²) in [6, 6.07) is 6.73. The molecule has 5 heteroatoms. The van der Waals surface area contributed by atoms with E-state index in [0.717, 1.165) is 19.5 Å². The molecular weight excluding hydrogens is 230 g/mol. The van der Waals surface area contributed by atoms with Gasteiger partial charge in [-0.05, 0) is 25.1 Å². The molecule has 1 aromatic carbocycles. The first-order chi connectivity index (χ1) is 7.27. The Morgan fingerprint density at radius 1 is 1.44 bits per heavy atom. The molecule has 2 N–H and O–H groups in total. The summed E-state index contributed by atoms with van der Waals surface area (Å²) >= 11 is 0. The summed E-state index contributed by atoms with van der Waals surface area (Å²) in [5.74, 6) is -0.491. The fraction of sp³-hybridized carbons (Fsp3) is 0.364. The molecule has 1 atom stereocenters. The van der Waals surface area contributed by atoms with Crippen LogP contribution in [0.1, 0.15) is 16.8 Å². The molecule has 88 valence electrons. The Balaban J connectivity index is 0.00000128. The van der Waals surface area contributed by atoms with Crippen LogP contribution in [0.4, 0.5) is 0 Å². The number of carbonyl (C=O) groups is 1. The van der Waals surface area contributed by atoms with E-state index in [1.807, 2.05) is 0 Å². The number of hydrogen-bond acceptors (Lipinski definition) is 3. The van der Waals surface area contributed by atoms with Crippen molar-refractivity contribution < 1.29 is 14.6 Å². The number of ether oxygens (including phenoxy) is 1. The molecule has 1 fully saturated rings. The molecule has 16 heavy (non-hydrogen) atoms. The van der Waals surface area contributed by atoms with E-state index < -0.39 is 5.97 Å². The number of rotatable bonds is 3. The normalized spacial score (nSPS) is 18.9. The number of halogens is 1. The predicted molar refractivity (Wildman–Crippen MR) is 62.6 cm³/mol. The number of aromatic carboxylic acids is 1. The summed E-state index contributed by atoms with van der Waals surface area (Å²) in [6.07, 6.45) is 1.01. The lowest BCUT2D eigenvalue weighted by molar-refractivity contribution is 0.0690. The van der Waals surface area contributed by atoms with Crippen molar-refractivity contribution in [3.63, 3.8) is 0 Å². The summed E-state index contributed by atoms with van der Waals surface area (Å²) in [5, 5.41) is 12.1. The minimum absolute atomic E-state index is 0. The summed E-state index contributed by atoms with van der Waals surface area (Å²) in [6.45, 7) is 1.72. The lowest BCUT2D eigenvalue weighted by Crippen LogP contribution is -2.20. The monoisotopic (exact) mass is 243 g/mol. The smallest absolute Gasteiger partial charge is 0.339 e. The second-order valence-electron chi connectivity index (χ2n) is 3.53. The van der Waals surface area contributed by atoms with Crippen molar-refractivity contribution in [3.05, 3.63) is 29.8 Å². The van der Waals surface area contributed by atoms with Crippen molar-refractivity contribution in [2.75, 3.05) is 13.1 Å². The number of para-hydroxylation sites is 1. The molecule has 1 saturated heterocycles. The average Bonchev–Trinajstić information content (AvgIpc) is 2.71. The molecule has 1 aromatic rings. The molecule has 1 unspecified atom stereocenters. The quantitative estimate of drug-likeness (QED) is 0.846. The predicted octanol–water partition coefficient (Wildman–Crippen LogP) is 1.55. The van der Waals surface area contributed by atoms with Gasteiger partial charge in [-0.2, -0.15) is 0 Å². The maximum Gasteiger partial charge on any atom is 0.339 e. The van der Waals surface area contributed by atoms with Gasteiger partial charge in [0.1, 0.15) is 17.4 Å². The first kappa shape index (κ1) is 12.8. The van der Waals surface area contributed by atoms with E-state index >= 15 is 0 Å². The molecule has 0 amide bonds. The zero-order chi connectivity index (χ0) is 10.7. The average molecular weight is 244 g/mol. The Labute approximate surface area is 100 Å². The zero-order valence-electron chi connectivity index (χ0n) is 8.68. The van der Waals surface area contributed by atoms with Gasteiger partial charge < -0.3 is 15.2 Å². The SMILES string of the molecule is Cl.O=C(O)c1ccccc1OC1CCNC1. The Kier molecular flexibility index (Phi) is 4.58. The number of hydrogen-bond donors (Lipinski definition) is 2. The van der Waals surface area contributed by atoms with Crippen molar-refractivity contribution in [1.82, 2.24) is 5.32 Å². The second kappa shape index (κ2) is 5.72. The number of nitrogens with one attached hydrogen (secondary N) is 1. The Morgan fingerprint density at radius 3 is 2.81 bits per heavy atom. The third-order valence-corrected chi connectivity index (χ3v) is 2.43. The van der Waals surface area contributed by atoms with Crippen molar-refractivity contribution in [2.45, 2.75) is 12.5 Å². The molecular formula is C11H14ClNO3. The van der Waals surface area contributed by atoms with Crippen molar-refractivity contribution >= 4 is 18.4 Å². The van der Waals surface area contributed by atoms with Crippen molar-refractivity contribution in [3.8, 4) is 5.75 Å². The van der Waals surface area contributed by atoms with Gasteiger partial charge >= 0.3 is 5.97 Å². The molecule has 0 bridgehead atoms. The van der Waals surface area contributed by atoms with Crippen LogP contribution in [0.2, 0.25) is 0 Å². The van der Waals surface area contributed by atoms with Crippen LogP contribution in [-0.4, -0.2) is 30.3 Å². The van der Waals surface area contributed by atoms with Crippen LogP contribution in [0.15, 0.2) is 24.3 Å². The van der Waals surface area contributed by atoms with E-state index in [-0.39, 0.29) is 24.1 Å². The van der Waals surface area contributed by atoms with Gasteiger partial charge in [-0.15, -0.1) is 12.4 Å². The Bertz CT molecular complexity index is 364. The van der Waals surface area contributed by atoms with Gasteiger partial charge in [-0.1, -0.05) is 12.1 Å². The van der Waals surface area contributed by atoms with Crippen LogP contribution >= 0.6 is 12.4 Å². The standard InChI is InChI=1S/C11H13NO3.ClH/c13-11(14)9-3-1-2-4-10(9)15-8-5-6-12-7-8;/h1-4,8,12H,5-7H2,(H,13,14);1H. The zero-order valence-corrected chi connectivity index (χ0v) is 9.50. The highest BCUT2D eigenvalue weighted by Crippen LogP contribution is 2.20. The van der Waals surface area contributed by atoms with E-state index in [2.05, 4.69) is 5.32 Å². The molecule has 0 radical (unpaired) electrons. The molecule has 2 rings (SSSR count). The largest absolute Gasteiger partial charge is 0.488 e. The lowest BCUT2D eigenvalue weighted by atomic mass is 10.2. The van der Waals surface area contributed by atoms with Crippen LogP contribution in [0.5, 0.6) is 5.75 Å². The number of benzene rings is 1. The van der Waals surface area contributed by atoms with Gasteiger partial charge in [0.15, 0.2) is 0 Å². The highest BCUT2D eigenvalue weighted by atomic mass is 35.5. The molecule has 0 aliphatic carbocycles. The van der Waals surface area contributed by atoms with Gasteiger partial charge in [-0.3, -0.25) is 0 Å². The minimum Gasteiger partial charge on any atom is -0.488 e. The van der Waals surface area contributed by atoms with Crippen molar-refractivity contribution in [2.24, 2.45) is 0 Å². The molecule has 1 aliphatic rings. The molecule has 0 spiro atoms. The first-order valence-electron chi connectivity index (χ1n) is 4.97. The maximum absolute atomic E-state index is 10.9. The van der Waals surface area contributed by atoms with E-state index in [0.29, 0.717) is 5.75 Å². The number of carboxylic acid groups (broad SMARTS) is 1. The minimum atomic E-state index is -0.948. The van der Waals surface area contributed by atoms with Crippen LogP contribution in [0, 0.1) is 0 Å². The van der Waals surface area contributed by atoms with Crippen LogP contribution in [0.3, 0.4) is 0 Å². The third-order valence-electron chi connectivity index (χ3n) is 2.43. The van der Waals surface area contributed by atoms with Gasteiger partial charge in [0.2, 0.25) is 0 Å². The van der Waals surface area contributed by atoms with Crippen LogP contribution in [0.25, 0.3) is 0 Å². The van der Waals surface area contributed by atoms with Gasteiger partial charge in [0, 0.05) is 6.54 Å². The van der Waals surface area contributed by atoms with E-state index in [9.17, 15) is 4.79 Å². The molecule has 1 heterocycles. The van der Waals surface area contributed by atoms with E-state index in [4.69, 9.17) is 9.84 Å². The maximum atomic E-state index is 10.9. The highest BCUT2D eigenvalue weighted by Gasteiger charge is 2.18. The third kappa shape index (κ3) is 2.87. The van der Waals surface area contributed by atoms with E-state index in [1.54, 1.807) is 24.3 Å². The molecule has 1 aliphatic heterocycles. The molecule has 4 nitrogen and oxygen atoms in total. The topological polar surface area (TPSA) is 58.6 Å².